The van der Waals surface area contributed by atoms with E-state index in [4.69, 9.17) is 10.8 Å². The minimum Gasteiger partial charge on any atom is -0.478 e. The third-order valence-corrected chi connectivity index (χ3v) is 4.06. The Morgan fingerprint density at radius 3 is 2.50 bits per heavy atom. The van der Waals surface area contributed by atoms with Crippen molar-refractivity contribution in [2.45, 2.75) is 13.8 Å². The number of anilines is 2. The molecule has 0 unspecified atom stereocenters. The van der Waals surface area contributed by atoms with E-state index in [9.17, 15) is 9.59 Å². The number of hydrogen-bond acceptors (Lipinski definition) is 4. The average Bonchev–Trinajstić information content (AvgIpc) is 2.69. The highest BCUT2D eigenvalue weighted by molar-refractivity contribution is 7.14. The minimum atomic E-state index is -1.11. The zero-order chi connectivity index (χ0) is 14.9. The molecule has 1 amide bonds. The highest BCUT2D eigenvalue weighted by Gasteiger charge is 2.15. The van der Waals surface area contributed by atoms with Gasteiger partial charge in [0.2, 0.25) is 0 Å². The van der Waals surface area contributed by atoms with E-state index in [1.54, 1.807) is 6.07 Å². The first kappa shape index (κ1) is 14.1. The summed E-state index contributed by atoms with van der Waals surface area (Å²) in [7, 11) is 0. The molecule has 20 heavy (non-hydrogen) atoms. The number of carbonyl (C=O) groups is 2. The largest absolute Gasteiger partial charge is 0.478 e. The smallest absolute Gasteiger partial charge is 0.337 e. The number of carbonyl (C=O) groups excluding carboxylic acids is 1. The molecule has 0 spiro atoms. The molecule has 0 aliphatic rings. The topological polar surface area (TPSA) is 92.4 Å². The second-order valence-corrected chi connectivity index (χ2v) is 5.67. The van der Waals surface area contributed by atoms with Gasteiger partial charge < -0.3 is 16.2 Å². The lowest BCUT2D eigenvalue weighted by Gasteiger charge is -2.08. The summed E-state index contributed by atoms with van der Waals surface area (Å²) in [5.74, 6) is -1.45. The van der Waals surface area contributed by atoms with E-state index in [1.807, 2.05) is 13.8 Å². The van der Waals surface area contributed by atoms with Gasteiger partial charge in [-0.2, -0.15) is 0 Å². The molecule has 1 aromatic carbocycles. The molecule has 0 bridgehead atoms. The number of nitrogens with two attached hydrogens (primary N) is 1. The van der Waals surface area contributed by atoms with Crippen molar-refractivity contribution in [1.82, 2.24) is 0 Å². The molecule has 0 aliphatic heterocycles. The summed E-state index contributed by atoms with van der Waals surface area (Å²) in [4.78, 5) is 24.8. The molecule has 0 fully saturated rings. The van der Waals surface area contributed by atoms with Crippen LogP contribution in [0.5, 0.6) is 0 Å². The van der Waals surface area contributed by atoms with Crippen LogP contribution in [0, 0.1) is 13.8 Å². The molecule has 2 aromatic rings. The van der Waals surface area contributed by atoms with E-state index in [2.05, 4.69) is 5.32 Å². The fourth-order valence-electron chi connectivity index (χ4n) is 1.72. The van der Waals surface area contributed by atoms with Gasteiger partial charge in [0, 0.05) is 10.6 Å². The van der Waals surface area contributed by atoms with Crippen molar-refractivity contribution in [2.75, 3.05) is 11.1 Å². The van der Waals surface area contributed by atoms with Crippen molar-refractivity contribution in [3.05, 3.63) is 45.1 Å². The maximum atomic E-state index is 12.1. The SMILES string of the molecule is Cc1cc(C(=O)Nc2cc(N)ccc2C(=O)O)sc1C. The number of thiophene rings is 1. The third kappa shape index (κ3) is 2.80. The van der Waals surface area contributed by atoms with E-state index in [0.717, 1.165) is 10.4 Å². The van der Waals surface area contributed by atoms with Gasteiger partial charge >= 0.3 is 5.97 Å². The van der Waals surface area contributed by atoms with E-state index in [0.29, 0.717) is 10.6 Å². The fourth-order valence-corrected chi connectivity index (χ4v) is 2.65. The molecule has 6 heteroatoms. The molecule has 0 aliphatic carbocycles. The summed E-state index contributed by atoms with van der Waals surface area (Å²) < 4.78 is 0. The summed E-state index contributed by atoms with van der Waals surface area (Å²) in [6, 6.07) is 6.08. The Labute approximate surface area is 120 Å². The van der Waals surface area contributed by atoms with Crippen molar-refractivity contribution in [2.24, 2.45) is 0 Å². The van der Waals surface area contributed by atoms with Gasteiger partial charge in [0.05, 0.1) is 16.1 Å². The number of nitrogens with one attached hydrogen (secondary N) is 1. The Bertz CT molecular complexity index is 672. The van der Waals surface area contributed by atoms with Crippen molar-refractivity contribution in [3.63, 3.8) is 0 Å². The van der Waals surface area contributed by atoms with Crippen LogP contribution in [0.2, 0.25) is 0 Å². The number of aromatic carboxylic acids is 1. The third-order valence-electron chi connectivity index (χ3n) is 2.91. The standard InChI is InChI=1S/C14H14N2O3S/c1-7-5-12(20-8(7)2)13(17)16-11-6-9(15)3-4-10(11)14(18)19/h3-6H,15H2,1-2H3,(H,16,17)(H,18,19). The van der Waals surface area contributed by atoms with Gasteiger partial charge in [-0.1, -0.05) is 0 Å². The molecule has 0 atom stereocenters. The Morgan fingerprint density at radius 2 is 1.95 bits per heavy atom. The number of carboxylic acids is 1. The molecule has 1 heterocycles. The predicted octanol–water partition coefficient (Wildman–Crippen LogP) is 2.90. The second kappa shape index (κ2) is 5.34. The van der Waals surface area contributed by atoms with Gasteiger partial charge in [-0.05, 0) is 43.7 Å². The first-order valence-electron chi connectivity index (χ1n) is 5.89. The highest BCUT2D eigenvalue weighted by Crippen LogP contribution is 2.24. The Kier molecular flexibility index (Phi) is 3.76. The van der Waals surface area contributed by atoms with Gasteiger partial charge in [0.15, 0.2) is 0 Å². The first-order valence-corrected chi connectivity index (χ1v) is 6.71. The van der Waals surface area contributed by atoms with Gasteiger partial charge in [0.1, 0.15) is 0 Å². The fraction of sp³-hybridized carbons (Fsp3) is 0.143. The molecule has 0 radical (unpaired) electrons. The van der Waals surface area contributed by atoms with E-state index >= 15 is 0 Å². The Morgan fingerprint density at radius 1 is 1.25 bits per heavy atom. The summed E-state index contributed by atoms with van der Waals surface area (Å²) in [5.41, 5.74) is 7.27. The van der Waals surface area contributed by atoms with Crippen LogP contribution >= 0.6 is 11.3 Å². The van der Waals surface area contributed by atoms with Crippen LogP contribution in [-0.2, 0) is 0 Å². The van der Waals surface area contributed by atoms with Crippen molar-refractivity contribution in [3.8, 4) is 0 Å². The van der Waals surface area contributed by atoms with Gasteiger partial charge in [-0.15, -0.1) is 11.3 Å². The lowest BCUT2D eigenvalue weighted by Crippen LogP contribution is -2.14. The molecule has 0 saturated carbocycles. The molecular weight excluding hydrogens is 276 g/mol. The summed E-state index contributed by atoms with van der Waals surface area (Å²) in [6.07, 6.45) is 0. The zero-order valence-corrected chi connectivity index (χ0v) is 11.9. The number of hydrogen-bond donors (Lipinski definition) is 3. The molecule has 1 aromatic heterocycles. The van der Waals surface area contributed by atoms with Gasteiger partial charge in [-0.3, -0.25) is 4.79 Å². The zero-order valence-electron chi connectivity index (χ0n) is 11.1. The number of amides is 1. The average molecular weight is 290 g/mol. The number of carboxylic acid groups (broad SMARTS) is 1. The normalized spacial score (nSPS) is 10.3. The summed E-state index contributed by atoms with van der Waals surface area (Å²) in [6.45, 7) is 3.85. The second-order valence-electron chi connectivity index (χ2n) is 4.41. The van der Waals surface area contributed by atoms with Crippen LogP contribution in [0.3, 0.4) is 0 Å². The number of rotatable bonds is 3. The lowest BCUT2D eigenvalue weighted by molar-refractivity contribution is 0.0698. The minimum absolute atomic E-state index is 0.0116. The maximum Gasteiger partial charge on any atom is 0.337 e. The van der Waals surface area contributed by atoms with Crippen LogP contribution in [0.15, 0.2) is 24.3 Å². The molecular formula is C14H14N2O3S. The van der Waals surface area contributed by atoms with Crippen LogP contribution < -0.4 is 11.1 Å². The van der Waals surface area contributed by atoms with E-state index in [1.165, 1.54) is 29.5 Å². The van der Waals surface area contributed by atoms with Crippen molar-refractivity contribution < 1.29 is 14.7 Å². The molecule has 0 saturated heterocycles. The van der Waals surface area contributed by atoms with Gasteiger partial charge in [0.25, 0.3) is 5.91 Å². The monoisotopic (exact) mass is 290 g/mol. The predicted molar refractivity (Wildman–Crippen MR) is 79.6 cm³/mol. The van der Waals surface area contributed by atoms with Crippen LogP contribution in [0.25, 0.3) is 0 Å². The number of nitrogen functional groups attached to an aromatic ring is 1. The van der Waals surface area contributed by atoms with Crippen LogP contribution in [-0.4, -0.2) is 17.0 Å². The molecule has 4 N–H and O–H groups in total. The summed E-state index contributed by atoms with van der Waals surface area (Å²) >= 11 is 1.37. The quantitative estimate of drug-likeness (QED) is 0.758. The molecule has 104 valence electrons. The molecule has 2 rings (SSSR count). The van der Waals surface area contributed by atoms with Gasteiger partial charge in [-0.25, -0.2) is 4.79 Å². The van der Waals surface area contributed by atoms with Crippen LogP contribution in [0.1, 0.15) is 30.5 Å². The Hall–Kier alpha value is -2.34. The van der Waals surface area contributed by atoms with Crippen molar-refractivity contribution in [1.29, 1.82) is 0 Å². The van der Waals surface area contributed by atoms with E-state index in [-0.39, 0.29) is 17.2 Å². The maximum absolute atomic E-state index is 12.1. The van der Waals surface area contributed by atoms with Crippen LogP contribution in [0.4, 0.5) is 11.4 Å². The highest BCUT2D eigenvalue weighted by atomic mass is 32.1. The summed E-state index contributed by atoms with van der Waals surface area (Å²) in [5, 5.41) is 11.7. The molecule has 5 nitrogen and oxygen atoms in total. The number of aryl methyl sites for hydroxylation is 2. The Balaban J connectivity index is 2.32. The van der Waals surface area contributed by atoms with E-state index < -0.39 is 5.97 Å². The number of benzene rings is 1. The lowest BCUT2D eigenvalue weighted by atomic mass is 10.1. The van der Waals surface area contributed by atoms with Crippen molar-refractivity contribution >= 4 is 34.6 Å². The first-order chi connectivity index (χ1) is 9.38.